The summed E-state index contributed by atoms with van der Waals surface area (Å²) in [5.74, 6) is 2.09. The Kier molecular flexibility index (Phi) is 6.70. The summed E-state index contributed by atoms with van der Waals surface area (Å²) in [6.45, 7) is 8.84. The molecule has 4 rings (SSSR count). The van der Waals surface area contributed by atoms with Gasteiger partial charge in [-0.3, -0.25) is 9.69 Å². The summed E-state index contributed by atoms with van der Waals surface area (Å²) in [4.78, 5) is 15.5. The van der Waals surface area contributed by atoms with Gasteiger partial charge in [0.25, 0.3) is 0 Å². The normalized spacial score (nSPS) is 15.5. The minimum absolute atomic E-state index is 0.162. The molecule has 0 unspecified atom stereocenters. The average molecular weight is 438 g/mol. The highest BCUT2D eigenvalue weighted by atomic mass is 16.7. The van der Waals surface area contributed by atoms with Gasteiger partial charge in [0, 0.05) is 6.54 Å². The number of fused-ring (bicyclic) bond motifs is 2. The van der Waals surface area contributed by atoms with Crippen LogP contribution < -0.4 is 14.2 Å². The number of allylic oxidation sites excluding steroid dienone is 1. The van der Waals surface area contributed by atoms with Crippen molar-refractivity contribution in [2.24, 2.45) is 0 Å². The fourth-order valence-electron chi connectivity index (χ4n) is 4.14. The second kappa shape index (κ2) is 9.65. The quantitative estimate of drug-likeness (QED) is 0.526. The standard InChI is InChI=1S/C26H31NO5/c1-4-6-10-27(11-7-5-2)15-19-20(28)12-17(3)24-25(29)23(32-26(19)24)14-18-8-9-21-22(13-18)31-16-30-21/h8-9,12-14,28H,4-7,10-11,15-16H2,1-3H3/b23-14+. The molecule has 32 heavy (non-hydrogen) atoms. The molecule has 0 radical (unpaired) electrons. The first-order valence-electron chi connectivity index (χ1n) is 11.4. The van der Waals surface area contributed by atoms with Crippen molar-refractivity contribution in [2.75, 3.05) is 19.9 Å². The molecule has 0 fully saturated rings. The number of carbonyl (C=O) groups excluding carboxylic acids is 1. The number of hydrogen-bond donors (Lipinski definition) is 1. The summed E-state index contributed by atoms with van der Waals surface area (Å²) in [5.41, 5.74) is 2.73. The lowest BCUT2D eigenvalue weighted by atomic mass is 9.99. The molecular weight excluding hydrogens is 406 g/mol. The van der Waals surface area contributed by atoms with Gasteiger partial charge in [-0.15, -0.1) is 0 Å². The maximum absolute atomic E-state index is 13.2. The number of hydrogen-bond acceptors (Lipinski definition) is 6. The van der Waals surface area contributed by atoms with Gasteiger partial charge in [-0.2, -0.15) is 0 Å². The molecule has 0 saturated heterocycles. The van der Waals surface area contributed by atoms with E-state index in [1.165, 1.54) is 0 Å². The first kappa shape index (κ1) is 22.2. The van der Waals surface area contributed by atoms with Crippen LogP contribution in [0.25, 0.3) is 6.08 Å². The Balaban J connectivity index is 1.64. The number of rotatable bonds is 9. The largest absolute Gasteiger partial charge is 0.507 e. The number of ether oxygens (including phenoxy) is 3. The number of carbonyl (C=O) groups is 1. The van der Waals surface area contributed by atoms with Crippen molar-refractivity contribution in [2.45, 2.75) is 53.0 Å². The summed E-state index contributed by atoms with van der Waals surface area (Å²) in [6, 6.07) is 7.19. The number of unbranched alkanes of at least 4 members (excludes halogenated alkanes) is 2. The number of phenols is 1. The van der Waals surface area contributed by atoms with E-state index in [9.17, 15) is 9.90 Å². The van der Waals surface area contributed by atoms with E-state index in [-0.39, 0.29) is 24.1 Å². The fourth-order valence-corrected chi connectivity index (χ4v) is 4.14. The summed E-state index contributed by atoms with van der Waals surface area (Å²) in [5, 5.41) is 10.8. The van der Waals surface area contributed by atoms with E-state index in [4.69, 9.17) is 14.2 Å². The predicted octanol–water partition coefficient (Wildman–Crippen LogP) is 5.45. The third kappa shape index (κ3) is 4.46. The molecular formula is C26H31NO5. The van der Waals surface area contributed by atoms with E-state index in [1.54, 1.807) is 12.1 Å². The number of phenolic OH excluding ortho intramolecular Hbond substituents is 1. The highest BCUT2D eigenvalue weighted by Gasteiger charge is 2.33. The lowest BCUT2D eigenvalue weighted by molar-refractivity contribution is 0.101. The molecule has 0 saturated carbocycles. The van der Waals surface area contributed by atoms with Gasteiger partial charge in [0.05, 0.1) is 11.1 Å². The summed E-state index contributed by atoms with van der Waals surface area (Å²) >= 11 is 0. The van der Waals surface area contributed by atoms with Crippen LogP contribution in [0.4, 0.5) is 0 Å². The molecule has 0 aromatic heterocycles. The van der Waals surface area contributed by atoms with Crippen LogP contribution >= 0.6 is 0 Å². The van der Waals surface area contributed by atoms with E-state index in [1.807, 2.05) is 25.1 Å². The molecule has 6 nitrogen and oxygen atoms in total. The molecule has 0 amide bonds. The number of aromatic hydroxyl groups is 1. The van der Waals surface area contributed by atoms with Crippen molar-refractivity contribution in [1.82, 2.24) is 4.90 Å². The average Bonchev–Trinajstić information content (AvgIpc) is 3.37. The number of nitrogens with zero attached hydrogens (tertiary/aromatic N) is 1. The van der Waals surface area contributed by atoms with E-state index in [0.29, 0.717) is 40.5 Å². The van der Waals surface area contributed by atoms with Crippen LogP contribution in [0.1, 0.15) is 66.6 Å². The zero-order valence-corrected chi connectivity index (χ0v) is 19.1. The predicted molar refractivity (Wildman–Crippen MR) is 123 cm³/mol. The maximum atomic E-state index is 13.2. The molecule has 0 atom stereocenters. The molecule has 2 heterocycles. The van der Waals surface area contributed by atoms with E-state index < -0.39 is 0 Å². The highest BCUT2D eigenvalue weighted by Crippen LogP contribution is 2.43. The second-order valence-electron chi connectivity index (χ2n) is 8.43. The first-order valence-corrected chi connectivity index (χ1v) is 11.4. The van der Waals surface area contributed by atoms with Crippen LogP contribution in [0.3, 0.4) is 0 Å². The van der Waals surface area contributed by atoms with Crippen LogP contribution in [0.5, 0.6) is 23.0 Å². The smallest absolute Gasteiger partial charge is 0.232 e. The van der Waals surface area contributed by atoms with Gasteiger partial charge < -0.3 is 19.3 Å². The zero-order valence-electron chi connectivity index (χ0n) is 19.1. The lowest BCUT2D eigenvalue weighted by Crippen LogP contribution is -2.26. The van der Waals surface area contributed by atoms with E-state index >= 15 is 0 Å². The Hall–Kier alpha value is -2.99. The van der Waals surface area contributed by atoms with Crippen LogP contribution in [0.2, 0.25) is 0 Å². The number of aryl methyl sites for hydroxylation is 1. The number of Topliss-reactive ketones (excluding diaryl/α,β-unsaturated/α-hetero) is 1. The fraction of sp³-hybridized carbons (Fsp3) is 0.423. The van der Waals surface area contributed by atoms with Crippen molar-refractivity contribution in [1.29, 1.82) is 0 Å². The van der Waals surface area contributed by atoms with Crippen molar-refractivity contribution in [3.8, 4) is 23.0 Å². The Morgan fingerprint density at radius 2 is 1.78 bits per heavy atom. The van der Waals surface area contributed by atoms with Gasteiger partial charge in [0.15, 0.2) is 17.3 Å². The van der Waals surface area contributed by atoms with Crippen molar-refractivity contribution < 1.29 is 24.1 Å². The highest BCUT2D eigenvalue weighted by molar-refractivity contribution is 6.15. The molecule has 0 bridgehead atoms. The van der Waals surface area contributed by atoms with Crippen molar-refractivity contribution in [3.05, 3.63) is 52.3 Å². The van der Waals surface area contributed by atoms with Gasteiger partial charge in [-0.25, -0.2) is 0 Å². The SMILES string of the molecule is CCCCN(CCCC)Cc1c(O)cc(C)c2c1O/C(=C/c1ccc3c(c1)OCO3)C2=O. The maximum Gasteiger partial charge on any atom is 0.232 e. The molecule has 2 aromatic rings. The molecule has 2 aliphatic heterocycles. The third-order valence-corrected chi connectivity index (χ3v) is 5.95. The molecule has 2 aliphatic rings. The van der Waals surface area contributed by atoms with E-state index in [2.05, 4.69) is 18.7 Å². The molecule has 1 N–H and O–H groups in total. The topological polar surface area (TPSA) is 68.2 Å². The Morgan fingerprint density at radius 3 is 2.50 bits per heavy atom. The third-order valence-electron chi connectivity index (χ3n) is 5.95. The van der Waals surface area contributed by atoms with Crippen LogP contribution in [0.15, 0.2) is 30.0 Å². The van der Waals surface area contributed by atoms with Gasteiger partial charge >= 0.3 is 0 Å². The van der Waals surface area contributed by atoms with Gasteiger partial charge in [-0.05, 0) is 68.3 Å². The minimum Gasteiger partial charge on any atom is -0.507 e. The van der Waals surface area contributed by atoms with E-state index in [0.717, 1.165) is 44.3 Å². The molecule has 0 spiro atoms. The molecule has 170 valence electrons. The second-order valence-corrected chi connectivity index (χ2v) is 8.43. The summed E-state index contributed by atoms with van der Waals surface area (Å²) in [7, 11) is 0. The van der Waals surface area contributed by atoms with Crippen LogP contribution in [-0.4, -0.2) is 35.7 Å². The van der Waals surface area contributed by atoms with Crippen molar-refractivity contribution >= 4 is 11.9 Å². The van der Waals surface area contributed by atoms with Gasteiger partial charge in [-0.1, -0.05) is 32.8 Å². The zero-order chi connectivity index (χ0) is 22.7. The Morgan fingerprint density at radius 1 is 1.06 bits per heavy atom. The molecule has 2 aromatic carbocycles. The summed E-state index contributed by atoms with van der Waals surface area (Å²) < 4.78 is 16.9. The lowest BCUT2D eigenvalue weighted by Gasteiger charge is -2.23. The monoisotopic (exact) mass is 437 g/mol. The molecule has 0 aliphatic carbocycles. The number of benzene rings is 2. The Bertz CT molecular complexity index is 1030. The van der Waals surface area contributed by atoms with Gasteiger partial charge in [0.2, 0.25) is 12.6 Å². The summed E-state index contributed by atoms with van der Waals surface area (Å²) in [6.07, 6.45) is 6.12. The first-order chi connectivity index (χ1) is 15.5. The Labute approximate surface area is 189 Å². The number of ketones is 1. The van der Waals surface area contributed by atoms with Crippen LogP contribution in [0, 0.1) is 6.92 Å². The van der Waals surface area contributed by atoms with Crippen LogP contribution in [-0.2, 0) is 6.54 Å². The molecule has 6 heteroatoms. The van der Waals surface area contributed by atoms with Gasteiger partial charge in [0.1, 0.15) is 11.5 Å². The van der Waals surface area contributed by atoms with Crippen molar-refractivity contribution in [3.63, 3.8) is 0 Å². The minimum atomic E-state index is -0.162.